The van der Waals surface area contributed by atoms with Crippen LogP contribution < -0.4 is 5.32 Å². The number of carbonyl (C=O) groups excluding carboxylic acids is 2. The molecule has 2 atom stereocenters. The van der Waals surface area contributed by atoms with Gasteiger partial charge in [-0.3, -0.25) is 9.59 Å². The lowest BCUT2D eigenvalue weighted by molar-refractivity contribution is -0.124. The molecule has 0 bridgehead atoms. The first kappa shape index (κ1) is 23.5. The molecule has 0 aromatic heterocycles. The van der Waals surface area contributed by atoms with Gasteiger partial charge in [0.2, 0.25) is 5.91 Å². The first-order valence-corrected chi connectivity index (χ1v) is 12.5. The van der Waals surface area contributed by atoms with Crippen molar-refractivity contribution in [3.8, 4) is 0 Å². The second-order valence-electron chi connectivity index (χ2n) is 10.9. The van der Waals surface area contributed by atoms with Crippen LogP contribution >= 0.6 is 0 Å². The zero-order chi connectivity index (χ0) is 23.6. The van der Waals surface area contributed by atoms with Crippen molar-refractivity contribution in [2.24, 2.45) is 11.8 Å². The number of hydrogen-bond acceptors (Lipinski definition) is 2. The number of benzene rings is 2. The average Bonchev–Trinajstić information content (AvgIpc) is 3.33. The van der Waals surface area contributed by atoms with Gasteiger partial charge < -0.3 is 10.2 Å². The number of rotatable bonds is 4. The minimum absolute atomic E-state index is 0.0225. The third-order valence-electron chi connectivity index (χ3n) is 7.54. The Balaban J connectivity index is 1.60. The van der Waals surface area contributed by atoms with Crippen LogP contribution in [0.2, 0.25) is 0 Å². The molecule has 1 N–H and O–H groups in total. The Morgan fingerprint density at radius 2 is 1.67 bits per heavy atom. The summed E-state index contributed by atoms with van der Waals surface area (Å²) in [7, 11) is 0. The maximum Gasteiger partial charge on any atom is 0.254 e. The van der Waals surface area contributed by atoms with Gasteiger partial charge in [0.05, 0.1) is 5.92 Å². The molecule has 1 aliphatic carbocycles. The third kappa shape index (κ3) is 5.15. The van der Waals surface area contributed by atoms with Crippen LogP contribution in [0.4, 0.5) is 5.69 Å². The smallest absolute Gasteiger partial charge is 0.254 e. The van der Waals surface area contributed by atoms with E-state index in [0.717, 1.165) is 49.0 Å². The Morgan fingerprint density at radius 3 is 2.36 bits per heavy atom. The molecule has 0 spiro atoms. The monoisotopic (exact) mass is 446 g/mol. The maximum absolute atomic E-state index is 13.7. The van der Waals surface area contributed by atoms with Gasteiger partial charge in [0.25, 0.3) is 5.91 Å². The average molecular weight is 447 g/mol. The van der Waals surface area contributed by atoms with Crippen molar-refractivity contribution in [1.82, 2.24) is 4.90 Å². The molecule has 2 amide bonds. The lowest BCUT2D eigenvalue weighted by Crippen LogP contribution is -2.54. The molecule has 2 aliphatic rings. The van der Waals surface area contributed by atoms with Gasteiger partial charge in [0.15, 0.2) is 0 Å². The summed E-state index contributed by atoms with van der Waals surface area (Å²) in [6.07, 6.45) is 6.28. The van der Waals surface area contributed by atoms with Crippen molar-refractivity contribution in [1.29, 1.82) is 0 Å². The zero-order valence-corrected chi connectivity index (χ0v) is 20.6. The Labute approximate surface area is 198 Å². The van der Waals surface area contributed by atoms with E-state index in [1.54, 1.807) is 0 Å². The highest BCUT2D eigenvalue weighted by atomic mass is 16.2. The van der Waals surface area contributed by atoms with Crippen LogP contribution in [0.5, 0.6) is 0 Å². The summed E-state index contributed by atoms with van der Waals surface area (Å²) >= 11 is 0. The Kier molecular flexibility index (Phi) is 6.92. The maximum atomic E-state index is 13.7. The fraction of sp³-hybridized carbons (Fsp3) is 0.517. The number of nitrogens with one attached hydrogen (secondary N) is 1. The van der Waals surface area contributed by atoms with Gasteiger partial charge >= 0.3 is 0 Å². The molecule has 0 radical (unpaired) electrons. The molecule has 2 aromatic carbocycles. The summed E-state index contributed by atoms with van der Waals surface area (Å²) in [6, 6.07) is 16.0. The van der Waals surface area contributed by atoms with E-state index in [4.69, 9.17) is 0 Å². The highest BCUT2D eigenvalue weighted by Gasteiger charge is 2.43. The summed E-state index contributed by atoms with van der Waals surface area (Å²) in [5, 5.41) is 3.21. The van der Waals surface area contributed by atoms with Gasteiger partial charge in [-0.05, 0) is 73.3 Å². The molecule has 176 valence electrons. The number of nitrogens with zero attached hydrogens (tertiary/aromatic N) is 1. The van der Waals surface area contributed by atoms with Gasteiger partial charge in [-0.25, -0.2) is 0 Å². The van der Waals surface area contributed by atoms with E-state index in [1.807, 2.05) is 48.2 Å². The first-order valence-electron chi connectivity index (χ1n) is 12.5. The molecule has 1 saturated heterocycles. The van der Waals surface area contributed by atoms with Crippen LogP contribution in [-0.2, 0) is 10.2 Å². The van der Waals surface area contributed by atoms with Gasteiger partial charge in [-0.1, -0.05) is 63.9 Å². The highest BCUT2D eigenvalue weighted by molar-refractivity contribution is 5.97. The second-order valence-corrected chi connectivity index (χ2v) is 10.9. The Hall–Kier alpha value is -2.62. The highest BCUT2D eigenvalue weighted by Crippen LogP contribution is 2.39. The molecule has 4 nitrogen and oxygen atoms in total. The van der Waals surface area contributed by atoms with Crippen LogP contribution in [0.25, 0.3) is 0 Å². The topological polar surface area (TPSA) is 49.4 Å². The Morgan fingerprint density at radius 1 is 0.939 bits per heavy atom. The lowest BCUT2D eigenvalue weighted by Gasteiger charge is -2.44. The van der Waals surface area contributed by atoms with Crippen molar-refractivity contribution in [3.05, 3.63) is 65.2 Å². The zero-order valence-electron chi connectivity index (χ0n) is 20.6. The van der Waals surface area contributed by atoms with E-state index in [2.05, 4.69) is 38.2 Å². The summed E-state index contributed by atoms with van der Waals surface area (Å²) in [4.78, 5) is 29.3. The fourth-order valence-electron chi connectivity index (χ4n) is 5.69. The minimum Gasteiger partial charge on any atom is -0.335 e. The molecule has 4 heteroatoms. The predicted octanol–water partition coefficient (Wildman–Crippen LogP) is 6.34. The van der Waals surface area contributed by atoms with Crippen molar-refractivity contribution in [3.63, 3.8) is 0 Å². The van der Waals surface area contributed by atoms with Gasteiger partial charge in [-0.2, -0.15) is 0 Å². The molecular weight excluding hydrogens is 408 g/mol. The van der Waals surface area contributed by atoms with Crippen LogP contribution in [0.3, 0.4) is 0 Å². The van der Waals surface area contributed by atoms with Gasteiger partial charge in [-0.15, -0.1) is 0 Å². The summed E-state index contributed by atoms with van der Waals surface area (Å²) in [5.41, 5.74) is 3.83. The van der Waals surface area contributed by atoms with Crippen molar-refractivity contribution in [2.45, 2.75) is 77.7 Å². The predicted molar refractivity (Wildman–Crippen MR) is 134 cm³/mol. The number of carbonyl (C=O) groups is 2. The lowest BCUT2D eigenvalue weighted by atomic mass is 9.79. The summed E-state index contributed by atoms with van der Waals surface area (Å²) < 4.78 is 0. The molecule has 2 fully saturated rings. The fourth-order valence-corrected chi connectivity index (χ4v) is 5.69. The van der Waals surface area contributed by atoms with E-state index in [0.29, 0.717) is 5.92 Å². The van der Waals surface area contributed by atoms with E-state index in [-0.39, 0.29) is 29.2 Å². The number of amides is 2. The molecule has 1 aliphatic heterocycles. The molecule has 1 saturated carbocycles. The third-order valence-corrected chi connectivity index (χ3v) is 7.54. The number of likely N-dealkylation sites (tertiary alicyclic amines) is 1. The van der Waals surface area contributed by atoms with Gasteiger partial charge in [0.1, 0.15) is 0 Å². The standard InChI is InChI=1S/C29H38N2O2/c1-20-11-5-8-16-24(20)28(33)31-18-10-17-25(26(31)21-12-6-7-13-21)27(32)30-23-15-9-14-22(19-23)29(2,3)4/h5,8-9,11,14-16,19,21,25-26H,6-7,10,12-13,17-18H2,1-4H3,(H,30,32)/t25?,26-/m0/s1. The number of aryl methyl sites for hydroxylation is 1. The van der Waals surface area contributed by atoms with Crippen molar-refractivity contribution in [2.75, 3.05) is 11.9 Å². The SMILES string of the molecule is Cc1ccccc1C(=O)N1CCCC(C(=O)Nc2cccc(C(C)(C)C)c2)[C@@H]1C1CCCC1. The quantitative estimate of drug-likeness (QED) is 0.595. The number of anilines is 1. The first-order chi connectivity index (χ1) is 15.8. The molecule has 4 rings (SSSR count). The van der Waals surface area contributed by atoms with Crippen molar-refractivity contribution < 1.29 is 9.59 Å². The van der Waals surface area contributed by atoms with Crippen molar-refractivity contribution >= 4 is 17.5 Å². The molecule has 2 aromatic rings. The summed E-state index contributed by atoms with van der Waals surface area (Å²) in [5.74, 6) is 0.362. The van der Waals surface area contributed by atoms with Crippen LogP contribution in [0.15, 0.2) is 48.5 Å². The van der Waals surface area contributed by atoms with Crippen LogP contribution in [0, 0.1) is 18.8 Å². The van der Waals surface area contributed by atoms with E-state index < -0.39 is 0 Å². The largest absolute Gasteiger partial charge is 0.335 e. The molecule has 1 heterocycles. The van der Waals surface area contributed by atoms with E-state index in [9.17, 15) is 9.59 Å². The number of piperidine rings is 1. The van der Waals surface area contributed by atoms with E-state index >= 15 is 0 Å². The Bertz CT molecular complexity index is 1000. The molecule has 33 heavy (non-hydrogen) atoms. The second kappa shape index (κ2) is 9.70. The molecule has 1 unspecified atom stereocenters. The van der Waals surface area contributed by atoms with Gasteiger partial charge in [0, 0.05) is 23.8 Å². The molecular formula is C29H38N2O2. The minimum atomic E-state index is -0.173. The van der Waals surface area contributed by atoms with E-state index in [1.165, 1.54) is 18.4 Å². The normalized spacial score (nSPS) is 21.8. The van der Waals surface area contributed by atoms with Crippen LogP contribution in [0.1, 0.15) is 80.8 Å². The van der Waals surface area contributed by atoms with Crippen LogP contribution in [-0.4, -0.2) is 29.3 Å². The number of hydrogen-bond donors (Lipinski definition) is 1. The summed E-state index contributed by atoms with van der Waals surface area (Å²) in [6.45, 7) is 9.27.